The number of amides is 2. The van der Waals surface area contributed by atoms with Gasteiger partial charge in [-0.1, -0.05) is 32.0 Å². The number of aromatic nitrogens is 3. The van der Waals surface area contributed by atoms with Gasteiger partial charge in [0.1, 0.15) is 5.82 Å². The van der Waals surface area contributed by atoms with Crippen molar-refractivity contribution in [3.8, 4) is 5.69 Å². The van der Waals surface area contributed by atoms with E-state index in [1.54, 1.807) is 28.9 Å². The van der Waals surface area contributed by atoms with Crippen molar-refractivity contribution in [3.63, 3.8) is 0 Å². The largest absolute Gasteiger partial charge is 0.326 e. The Morgan fingerprint density at radius 2 is 1.63 bits per heavy atom. The van der Waals surface area contributed by atoms with Gasteiger partial charge in [-0.05, 0) is 61.6 Å². The Hall–Kier alpha value is -3.48. The number of carbonyl (C=O) groups is 2. The number of rotatable bonds is 6. The first-order valence-corrected chi connectivity index (χ1v) is 10.2. The van der Waals surface area contributed by atoms with Crippen molar-refractivity contribution in [1.29, 1.82) is 0 Å². The maximum atomic E-state index is 12.7. The molecule has 0 saturated heterocycles. The Bertz CT molecular complexity index is 1080. The molecule has 1 saturated carbocycles. The number of benzene rings is 2. The molecule has 2 aromatic carbocycles. The van der Waals surface area contributed by atoms with Crippen LogP contribution >= 0.6 is 0 Å². The molecule has 0 bridgehead atoms. The highest BCUT2D eigenvalue weighted by Gasteiger charge is 2.29. The van der Waals surface area contributed by atoms with E-state index in [2.05, 4.69) is 40.6 Å². The third-order valence-corrected chi connectivity index (χ3v) is 5.12. The quantitative estimate of drug-likeness (QED) is 0.642. The Morgan fingerprint density at radius 1 is 1.00 bits per heavy atom. The zero-order chi connectivity index (χ0) is 21.3. The van der Waals surface area contributed by atoms with E-state index < -0.39 is 0 Å². The number of nitrogens with one attached hydrogen (secondary N) is 2. The summed E-state index contributed by atoms with van der Waals surface area (Å²) in [5.41, 5.74) is 3.39. The van der Waals surface area contributed by atoms with Gasteiger partial charge in [-0.15, -0.1) is 5.10 Å². The summed E-state index contributed by atoms with van der Waals surface area (Å²) in [6, 6.07) is 15.0. The third-order valence-electron chi connectivity index (χ3n) is 5.12. The number of aryl methyl sites for hydroxylation is 1. The fourth-order valence-corrected chi connectivity index (χ4v) is 3.30. The summed E-state index contributed by atoms with van der Waals surface area (Å²) in [6.07, 6.45) is 1.92. The molecule has 1 aliphatic rings. The number of nitrogens with zero attached hydrogens (tertiary/aromatic N) is 3. The van der Waals surface area contributed by atoms with Gasteiger partial charge in [0.25, 0.3) is 5.91 Å². The molecule has 3 aromatic rings. The zero-order valence-electron chi connectivity index (χ0n) is 17.3. The fourth-order valence-electron chi connectivity index (χ4n) is 3.30. The Morgan fingerprint density at radius 3 is 2.27 bits per heavy atom. The lowest BCUT2D eigenvalue weighted by atomic mass is 10.0. The van der Waals surface area contributed by atoms with E-state index in [0.29, 0.717) is 23.1 Å². The first-order valence-electron chi connectivity index (χ1n) is 10.2. The van der Waals surface area contributed by atoms with Crippen LogP contribution in [0.4, 0.5) is 11.4 Å². The van der Waals surface area contributed by atoms with E-state index in [0.717, 1.165) is 24.1 Å². The minimum atomic E-state index is -0.381. The number of hydrogen-bond donors (Lipinski definition) is 2. The molecular weight excluding hydrogens is 378 g/mol. The average molecular weight is 403 g/mol. The summed E-state index contributed by atoms with van der Waals surface area (Å²) in [7, 11) is 0. The van der Waals surface area contributed by atoms with Gasteiger partial charge >= 0.3 is 0 Å². The second kappa shape index (κ2) is 8.10. The van der Waals surface area contributed by atoms with E-state index in [-0.39, 0.29) is 23.6 Å². The summed E-state index contributed by atoms with van der Waals surface area (Å²) in [5, 5.41) is 10.1. The van der Waals surface area contributed by atoms with Gasteiger partial charge in [0.05, 0.1) is 5.69 Å². The second-order valence-corrected chi connectivity index (χ2v) is 7.90. The Labute approximate surface area is 175 Å². The predicted molar refractivity (Wildman–Crippen MR) is 116 cm³/mol. The number of para-hydroxylation sites is 1. The Kier molecular flexibility index (Phi) is 5.35. The molecule has 0 unspecified atom stereocenters. The molecular formula is C23H25N5O2. The molecule has 1 fully saturated rings. The maximum Gasteiger partial charge on any atom is 0.295 e. The highest BCUT2D eigenvalue weighted by atomic mass is 16.2. The molecule has 4 rings (SSSR count). The molecule has 0 spiro atoms. The number of hydrogen-bond acceptors (Lipinski definition) is 4. The van der Waals surface area contributed by atoms with Crippen molar-refractivity contribution in [1.82, 2.24) is 14.8 Å². The fraction of sp³-hybridized carbons (Fsp3) is 0.304. The van der Waals surface area contributed by atoms with E-state index >= 15 is 0 Å². The molecule has 0 aliphatic heterocycles. The monoisotopic (exact) mass is 403 g/mol. The molecule has 7 nitrogen and oxygen atoms in total. The van der Waals surface area contributed by atoms with Gasteiger partial charge in [-0.2, -0.15) is 0 Å². The summed E-state index contributed by atoms with van der Waals surface area (Å²) >= 11 is 0. The van der Waals surface area contributed by atoms with Crippen molar-refractivity contribution in [3.05, 3.63) is 65.7 Å². The summed E-state index contributed by atoms with van der Waals surface area (Å²) in [5.74, 6) is 0.895. The van der Waals surface area contributed by atoms with Gasteiger partial charge in [0.2, 0.25) is 11.7 Å². The topological polar surface area (TPSA) is 88.9 Å². The van der Waals surface area contributed by atoms with Crippen LogP contribution in [0.25, 0.3) is 5.69 Å². The number of carbonyl (C=O) groups excluding carboxylic acids is 2. The average Bonchev–Trinajstić information content (AvgIpc) is 3.51. The molecule has 2 amide bonds. The smallest absolute Gasteiger partial charge is 0.295 e. The van der Waals surface area contributed by atoms with E-state index in [1.165, 1.54) is 0 Å². The molecule has 7 heteroatoms. The van der Waals surface area contributed by atoms with Crippen molar-refractivity contribution in [2.75, 3.05) is 10.6 Å². The lowest BCUT2D eigenvalue weighted by molar-refractivity contribution is -0.117. The normalized spacial score (nSPS) is 13.3. The van der Waals surface area contributed by atoms with Crippen LogP contribution in [0.5, 0.6) is 0 Å². The first kappa shape index (κ1) is 19.8. The van der Waals surface area contributed by atoms with E-state index in [4.69, 9.17) is 0 Å². The standard InChI is InChI=1S/C23H25N5O2/c1-14(2)19-6-4-5-7-20(19)28-15(3)24-21(27-28)23(30)26-18-12-10-17(11-13-18)25-22(29)16-8-9-16/h4-7,10-14,16H,8-9H2,1-3H3,(H,25,29)(H,26,30). The first-order chi connectivity index (χ1) is 14.4. The minimum Gasteiger partial charge on any atom is -0.326 e. The van der Waals surface area contributed by atoms with Crippen molar-refractivity contribution in [2.24, 2.45) is 5.92 Å². The van der Waals surface area contributed by atoms with Crippen LogP contribution in [0.15, 0.2) is 48.5 Å². The van der Waals surface area contributed by atoms with Crippen molar-refractivity contribution >= 4 is 23.2 Å². The SMILES string of the molecule is Cc1nc(C(=O)Nc2ccc(NC(=O)C3CC3)cc2)nn1-c1ccccc1C(C)C. The molecule has 2 N–H and O–H groups in total. The summed E-state index contributed by atoms with van der Waals surface area (Å²) in [6.45, 7) is 6.07. The van der Waals surface area contributed by atoms with Crippen molar-refractivity contribution < 1.29 is 9.59 Å². The molecule has 154 valence electrons. The predicted octanol–water partition coefficient (Wildman–Crippen LogP) is 4.30. The van der Waals surface area contributed by atoms with Crippen LogP contribution in [-0.4, -0.2) is 26.6 Å². The summed E-state index contributed by atoms with van der Waals surface area (Å²) in [4.78, 5) is 28.9. The molecule has 0 atom stereocenters. The second-order valence-electron chi connectivity index (χ2n) is 7.90. The van der Waals surface area contributed by atoms with Crippen LogP contribution in [0, 0.1) is 12.8 Å². The highest BCUT2D eigenvalue weighted by molar-refractivity contribution is 6.01. The van der Waals surface area contributed by atoms with Crippen LogP contribution in [0.1, 0.15) is 54.6 Å². The van der Waals surface area contributed by atoms with Crippen LogP contribution in [0.2, 0.25) is 0 Å². The van der Waals surface area contributed by atoms with Gasteiger partial charge in [0.15, 0.2) is 0 Å². The van der Waals surface area contributed by atoms with E-state index in [9.17, 15) is 9.59 Å². The molecule has 1 heterocycles. The van der Waals surface area contributed by atoms with Crippen molar-refractivity contribution in [2.45, 2.75) is 39.5 Å². The zero-order valence-corrected chi connectivity index (χ0v) is 17.3. The van der Waals surface area contributed by atoms with Gasteiger partial charge in [0, 0.05) is 17.3 Å². The van der Waals surface area contributed by atoms with Crippen LogP contribution in [0.3, 0.4) is 0 Å². The molecule has 0 radical (unpaired) electrons. The van der Waals surface area contributed by atoms with Gasteiger partial charge in [-0.3, -0.25) is 9.59 Å². The lowest BCUT2D eigenvalue weighted by Crippen LogP contribution is -2.15. The number of anilines is 2. The molecule has 1 aromatic heterocycles. The van der Waals surface area contributed by atoms with Crippen LogP contribution < -0.4 is 10.6 Å². The third kappa shape index (κ3) is 4.25. The van der Waals surface area contributed by atoms with Gasteiger partial charge in [-0.25, -0.2) is 9.67 Å². The molecule has 1 aliphatic carbocycles. The molecule has 30 heavy (non-hydrogen) atoms. The highest BCUT2D eigenvalue weighted by Crippen LogP contribution is 2.30. The van der Waals surface area contributed by atoms with E-state index in [1.807, 2.05) is 25.1 Å². The van der Waals surface area contributed by atoms with Gasteiger partial charge < -0.3 is 10.6 Å². The maximum absolute atomic E-state index is 12.7. The minimum absolute atomic E-state index is 0.0543. The Balaban J connectivity index is 1.48. The van der Waals surface area contributed by atoms with Crippen LogP contribution in [-0.2, 0) is 4.79 Å². The summed E-state index contributed by atoms with van der Waals surface area (Å²) < 4.78 is 1.71. The lowest BCUT2D eigenvalue weighted by Gasteiger charge is -2.12.